The number of hydrogen-bond donors (Lipinski definition) is 1. The molecule has 0 saturated carbocycles. The number of nitrogens with zero attached hydrogens (tertiary/aromatic N) is 2. The van der Waals surface area contributed by atoms with Crippen LogP contribution in [0.5, 0.6) is 5.75 Å². The molecule has 0 radical (unpaired) electrons. The molecule has 0 aliphatic carbocycles. The van der Waals surface area contributed by atoms with E-state index in [9.17, 15) is 0 Å². The summed E-state index contributed by atoms with van der Waals surface area (Å²) < 4.78 is 5.45. The zero-order chi connectivity index (χ0) is 13.0. The van der Waals surface area contributed by atoms with Crippen LogP contribution in [0.25, 0.3) is 0 Å². The summed E-state index contributed by atoms with van der Waals surface area (Å²) in [6.07, 6.45) is 1.86. The minimum absolute atomic E-state index is 0.335. The third kappa shape index (κ3) is 2.82. The van der Waals surface area contributed by atoms with Crippen LogP contribution in [0.15, 0.2) is 29.4 Å². The molecular formula is C14H21N3O. The fraction of sp³-hybridized carbons (Fsp3) is 0.500. The zero-order valence-electron chi connectivity index (χ0n) is 11.1. The lowest BCUT2D eigenvalue weighted by atomic mass is 10.0. The number of nitrogens with two attached hydrogens (primary N) is 1. The second kappa shape index (κ2) is 5.87. The molecule has 1 heterocycles. The highest BCUT2D eigenvalue weighted by Gasteiger charge is 2.24. The molecule has 2 N–H and O–H groups in total. The van der Waals surface area contributed by atoms with Crippen LogP contribution in [0.1, 0.15) is 31.4 Å². The van der Waals surface area contributed by atoms with Crippen LogP contribution in [0.4, 0.5) is 0 Å². The normalized spacial score (nSPS) is 18.9. The van der Waals surface area contributed by atoms with E-state index < -0.39 is 0 Å². The summed E-state index contributed by atoms with van der Waals surface area (Å²) in [5.41, 5.74) is 8.04. The Morgan fingerprint density at radius 3 is 2.72 bits per heavy atom. The van der Waals surface area contributed by atoms with Crippen molar-refractivity contribution >= 4 is 5.71 Å². The van der Waals surface area contributed by atoms with Gasteiger partial charge < -0.3 is 10.5 Å². The topological polar surface area (TPSA) is 50.9 Å². The highest BCUT2D eigenvalue weighted by atomic mass is 16.5. The second-order valence-electron chi connectivity index (χ2n) is 4.50. The van der Waals surface area contributed by atoms with E-state index in [0.29, 0.717) is 19.2 Å². The minimum Gasteiger partial charge on any atom is -0.494 e. The number of hydrazone groups is 1. The monoisotopic (exact) mass is 247 g/mol. The van der Waals surface area contributed by atoms with Gasteiger partial charge in [-0.05, 0) is 37.6 Å². The Morgan fingerprint density at radius 2 is 2.11 bits per heavy atom. The Labute approximate surface area is 108 Å². The molecule has 0 fully saturated rings. The lowest BCUT2D eigenvalue weighted by molar-refractivity contribution is 0.289. The predicted octanol–water partition coefficient (Wildman–Crippen LogP) is 2.17. The van der Waals surface area contributed by atoms with Crippen LogP contribution in [0.2, 0.25) is 0 Å². The summed E-state index contributed by atoms with van der Waals surface area (Å²) in [6, 6.07) is 8.61. The molecule has 1 aliphatic rings. The van der Waals surface area contributed by atoms with Gasteiger partial charge in [0.15, 0.2) is 0 Å². The molecule has 1 aromatic carbocycles. The molecular weight excluding hydrogens is 226 g/mol. The van der Waals surface area contributed by atoms with E-state index in [-0.39, 0.29) is 0 Å². The van der Waals surface area contributed by atoms with E-state index in [2.05, 4.69) is 17.2 Å². The Morgan fingerprint density at radius 1 is 1.39 bits per heavy atom. The van der Waals surface area contributed by atoms with E-state index in [1.165, 1.54) is 11.3 Å². The Hall–Kier alpha value is -1.55. The molecule has 0 spiro atoms. The summed E-state index contributed by atoms with van der Waals surface area (Å²) in [5, 5.41) is 6.56. The van der Waals surface area contributed by atoms with E-state index in [1.54, 1.807) is 0 Å². The number of hydrogen-bond acceptors (Lipinski definition) is 4. The Balaban J connectivity index is 2.04. The quantitative estimate of drug-likeness (QED) is 0.867. The van der Waals surface area contributed by atoms with Crippen molar-refractivity contribution in [1.29, 1.82) is 0 Å². The van der Waals surface area contributed by atoms with E-state index >= 15 is 0 Å². The van der Waals surface area contributed by atoms with Crippen molar-refractivity contribution in [1.82, 2.24) is 5.01 Å². The summed E-state index contributed by atoms with van der Waals surface area (Å²) in [6.45, 7) is 3.36. The van der Waals surface area contributed by atoms with Crippen molar-refractivity contribution in [3.63, 3.8) is 0 Å². The van der Waals surface area contributed by atoms with E-state index in [4.69, 9.17) is 10.5 Å². The minimum atomic E-state index is 0.335. The maximum absolute atomic E-state index is 5.58. The Kier molecular flexibility index (Phi) is 4.20. The molecule has 18 heavy (non-hydrogen) atoms. The smallest absolute Gasteiger partial charge is 0.119 e. The molecule has 2 rings (SSSR count). The second-order valence-corrected chi connectivity index (χ2v) is 4.50. The molecule has 1 aliphatic heterocycles. The van der Waals surface area contributed by atoms with Crippen LogP contribution >= 0.6 is 0 Å². The van der Waals surface area contributed by atoms with Crippen molar-refractivity contribution in [2.75, 3.05) is 20.2 Å². The molecule has 98 valence electrons. The third-order valence-electron chi connectivity index (χ3n) is 3.19. The van der Waals surface area contributed by atoms with Crippen LogP contribution in [0, 0.1) is 0 Å². The Bertz CT molecular complexity index is 414. The van der Waals surface area contributed by atoms with Gasteiger partial charge in [-0.15, -0.1) is 0 Å². The highest BCUT2D eigenvalue weighted by Crippen LogP contribution is 2.30. The van der Waals surface area contributed by atoms with Gasteiger partial charge in [0.05, 0.1) is 12.6 Å². The average molecular weight is 247 g/mol. The van der Waals surface area contributed by atoms with Crippen LogP contribution in [0.3, 0.4) is 0 Å². The molecule has 4 heteroatoms. The van der Waals surface area contributed by atoms with Crippen molar-refractivity contribution in [2.45, 2.75) is 25.8 Å². The third-order valence-corrected chi connectivity index (χ3v) is 3.19. The standard InChI is InChI=1S/C14H21N3O/c1-3-18-13-6-4-11(5-7-13)14-10-12(8-9-15)16-17(14)2/h4-7,14H,3,8-10,15H2,1-2H3. The first kappa shape index (κ1) is 12.9. The van der Waals surface area contributed by atoms with Gasteiger partial charge >= 0.3 is 0 Å². The summed E-state index contributed by atoms with van der Waals surface area (Å²) in [7, 11) is 2.02. The van der Waals surface area contributed by atoms with Gasteiger partial charge in [0, 0.05) is 19.2 Å². The van der Waals surface area contributed by atoms with Crippen LogP contribution in [-0.4, -0.2) is 30.9 Å². The van der Waals surface area contributed by atoms with Gasteiger partial charge in [0.2, 0.25) is 0 Å². The molecule has 1 aromatic rings. The molecule has 1 unspecified atom stereocenters. The number of rotatable bonds is 5. The van der Waals surface area contributed by atoms with Gasteiger partial charge in [0.1, 0.15) is 5.75 Å². The van der Waals surface area contributed by atoms with Gasteiger partial charge in [-0.1, -0.05) is 12.1 Å². The van der Waals surface area contributed by atoms with Crippen molar-refractivity contribution in [3.8, 4) is 5.75 Å². The molecule has 0 saturated heterocycles. The fourth-order valence-corrected chi connectivity index (χ4v) is 2.29. The lowest BCUT2D eigenvalue weighted by Crippen LogP contribution is -2.14. The van der Waals surface area contributed by atoms with E-state index in [1.807, 2.05) is 31.1 Å². The zero-order valence-corrected chi connectivity index (χ0v) is 11.1. The summed E-state index contributed by atoms with van der Waals surface area (Å²) in [5.74, 6) is 0.921. The van der Waals surface area contributed by atoms with Crippen molar-refractivity contribution in [3.05, 3.63) is 29.8 Å². The highest BCUT2D eigenvalue weighted by molar-refractivity contribution is 5.86. The molecule has 0 amide bonds. The molecule has 4 nitrogen and oxygen atoms in total. The van der Waals surface area contributed by atoms with Crippen molar-refractivity contribution < 1.29 is 4.74 Å². The largest absolute Gasteiger partial charge is 0.494 e. The first-order chi connectivity index (χ1) is 8.74. The number of benzene rings is 1. The van der Waals surface area contributed by atoms with Crippen LogP contribution < -0.4 is 10.5 Å². The summed E-state index contributed by atoms with van der Waals surface area (Å²) >= 11 is 0. The van der Waals surface area contributed by atoms with Crippen molar-refractivity contribution in [2.24, 2.45) is 10.8 Å². The molecule has 1 atom stereocenters. The van der Waals surface area contributed by atoms with Crippen LogP contribution in [-0.2, 0) is 0 Å². The average Bonchev–Trinajstić information content (AvgIpc) is 2.72. The first-order valence-electron chi connectivity index (χ1n) is 6.46. The van der Waals surface area contributed by atoms with Gasteiger partial charge in [-0.3, -0.25) is 5.01 Å². The maximum atomic E-state index is 5.58. The molecule has 0 bridgehead atoms. The lowest BCUT2D eigenvalue weighted by Gasteiger charge is -2.19. The first-order valence-corrected chi connectivity index (χ1v) is 6.46. The maximum Gasteiger partial charge on any atom is 0.119 e. The summed E-state index contributed by atoms with van der Waals surface area (Å²) in [4.78, 5) is 0. The predicted molar refractivity (Wildman–Crippen MR) is 73.8 cm³/mol. The SMILES string of the molecule is CCOc1ccc(C2CC(CCN)=NN2C)cc1. The van der Waals surface area contributed by atoms with Gasteiger partial charge in [0.25, 0.3) is 0 Å². The van der Waals surface area contributed by atoms with E-state index in [0.717, 1.165) is 18.6 Å². The van der Waals surface area contributed by atoms with Gasteiger partial charge in [-0.25, -0.2) is 0 Å². The van der Waals surface area contributed by atoms with Gasteiger partial charge in [-0.2, -0.15) is 5.10 Å². The fourth-order valence-electron chi connectivity index (χ4n) is 2.29. The molecule has 0 aromatic heterocycles. The number of ether oxygens (including phenoxy) is 1.